The van der Waals surface area contributed by atoms with Crippen molar-refractivity contribution < 1.29 is 9.59 Å². The average molecular weight is 275 g/mol. The van der Waals surface area contributed by atoms with Crippen LogP contribution in [0.15, 0.2) is 24.3 Å². The van der Waals surface area contributed by atoms with Crippen LogP contribution in [0.4, 0.5) is 11.4 Å². The van der Waals surface area contributed by atoms with Gasteiger partial charge in [-0.25, -0.2) is 0 Å². The van der Waals surface area contributed by atoms with Crippen LogP contribution in [0, 0.1) is 0 Å². The largest absolute Gasteiger partial charge is 0.326 e. The first kappa shape index (κ1) is 14.5. The molecule has 1 fully saturated rings. The summed E-state index contributed by atoms with van der Waals surface area (Å²) in [4.78, 5) is 23.0. The Bertz CT molecular complexity index is 508. The molecule has 0 aliphatic heterocycles. The van der Waals surface area contributed by atoms with Gasteiger partial charge in [-0.15, -0.1) is 0 Å². The van der Waals surface area contributed by atoms with Crippen LogP contribution in [-0.4, -0.2) is 17.4 Å². The lowest BCUT2D eigenvalue weighted by Crippen LogP contribution is -2.40. The van der Waals surface area contributed by atoms with Crippen molar-refractivity contribution in [3.05, 3.63) is 24.3 Å². The molecule has 4 N–H and O–H groups in total. The van der Waals surface area contributed by atoms with E-state index in [1.807, 2.05) is 0 Å². The molecule has 5 heteroatoms. The van der Waals surface area contributed by atoms with Crippen LogP contribution in [0.5, 0.6) is 0 Å². The molecule has 1 aliphatic rings. The Balaban J connectivity index is 1.95. The number of benzene rings is 1. The topological polar surface area (TPSA) is 84.2 Å². The Morgan fingerprint density at radius 1 is 1.20 bits per heavy atom. The third kappa shape index (κ3) is 4.06. The summed E-state index contributed by atoms with van der Waals surface area (Å²) >= 11 is 0. The van der Waals surface area contributed by atoms with Gasteiger partial charge in [-0.3, -0.25) is 9.59 Å². The Morgan fingerprint density at radius 2 is 1.80 bits per heavy atom. The molecule has 1 saturated carbocycles. The molecule has 1 aromatic rings. The number of carbonyl (C=O) groups excluding carboxylic acids is 2. The fraction of sp³-hybridized carbons (Fsp3) is 0.467. The zero-order valence-corrected chi connectivity index (χ0v) is 11.7. The van der Waals surface area contributed by atoms with Crippen molar-refractivity contribution in [3.63, 3.8) is 0 Å². The summed E-state index contributed by atoms with van der Waals surface area (Å²) in [6.07, 6.45) is 4.36. The second-order valence-corrected chi connectivity index (χ2v) is 5.56. The molecule has 2 rings (SSSR count). The van der Waals surface area contributed by atoms with Crippen LogP contribution in [0.3, 0.4) is 0 Å². The molecular formula is C15H21N3O2. The maximum atomic E-state index is 12.0. The third-order valence-corrected chi connectivity index (χ3v) is 3.58. The van der Waals surface area contributed by atoms with Gasteiger partial charge in [-0.05, 0) is 31.0 Å². The highest BCUT2D eigenvalue weighted by atomic mass is 16.2. The van der Waals surface area contributed by atoms with E-state index in [9.17, 15) is 9.59 Å². The summed E-state index contributed by atoms with van der Waals surface area (Å²) in [5.74, 6) is -0.213. The Hall–Kier alpha value is -1.88. The van der Waals surface area contributed by atoms with Gasteiger partial charge in [0, 0.05) is 30.3 Å². The van der Waals surface area contributed by atoms with E-state index in [-0.39, 0.29) is 17.4 Å². The number of carbonyl (C=O) groups is 2. The molecule has 0 aromatic heterocycles. The fourth-order valence-electron chi connectivity index (χ4n) is 2.66. The maximum Gasteiger partial charge on any atom is 0.226 e. The zero-order chi connectivity index (χ0) is 14.6. The van der Waals surface area contributed by atoms with Gasteiger partial charge in [0.2, 0.25) is 11.8 Å². The van der Waals surface area contributed by atoms with Crippen molar-refractivity contribution in [2.24, 2.45) is 5.73 Å². The van der Waals surface area contributed by atoms with Crippen molar-refractivity contribution in [2.75, 3.05) is 10.6 Å². The summed E-state index contributed by atoms with van der Waals surface area (Å²) in [5, 5.41) is 5.52. The first-order chi connectivity index (χ1) is 9.47. The number of amides is 2. The van der Waals surface area contributed by atoms with E-state index in [4.69, 9.17) is 5.73 Å². The molecule has 0 bridgehead atoms. The van der Waals surface area contributed by atoms with Gasteiger partial charge >= 0.3 is 0 Å². The van der Waals surface area contributed by atoms with Crippen LogP contribution in [-0.2, 0) is 9.59 Å². The molecule has 0 atom stereocenters. The summed E-state index contributed by atoms with van der Waals surface area (Å²) in [6.45, 7) is 1.45. The van der Waals surface area contributed by atoms with Crippen molar-refractivity contribution in [1.29, 1.82) is 0 Å². The lowest BCUT2D eigenvalue weighted by Gasteiger charge is -2.22. The number of hydrogen-bond acceptors (Lipinski definition) is 3. The SMILES string of the molecule is CC(=O)Nc1cccc(NC(=O)CC2(N)CCCC2)c1. The number of rotatable bonds is 4. The second kappa shape index (κ2) is 6.05. The van der Waals surface area contributed by atoms with E-state index >= 15 is 0 Å². The zero-order valence-electron chi connectivity index (χ0n) is 11.7. The lowest BCUT2D eigenvalue weighted by molar-refractivity contribution is -0.117. The van der Waals surface area contributed by atoms with Crippen LogP contribution in [0.1, 0.15) is 39.0 Å². The number of nitrogens with one attached hydrogen (secondary N) is 2. The highest BCUT2D eigenvalue weighted by Crippen LogP contribution is 2.30. The molecule has 108 valence electrons. The van der Waals surface area contributed by atoms with Gasteiger partial charge in [0.1, 0.15) is 0 Å². The van der Waals surface area contributed by atoms with Crippen LogP contribution >= 0.6 is 0 Å². The minimum Gasteiger partial charge on any atom is -0.326 e. The Morgan fingerprint density at radius 3 is 2.40 bits per heavy atom. The van der Waals surface area contributed by atoms with Gasteiger partial charge in [0.05, 0.1) is 0 Å². The molecule has 0 spiro atoms. The Labute approximate surface area is 118 Å². The predicted molar refractivity (Wildman–Crippen MR) is 79.4 cm³/mol. The quantitative estimate of drug-likeness (QED) is 0.788. The molecule has 20 heavy (non-hydrogen) atoms. The van der Waals surface area contributed by atoms with E-state index in [0.717, 1.165) is 25.7 Å². The van der Waals surface area contributed by atoms with E-state index in [0.29, 0.717) is 17.8 Å². The molecule has 1 aliphatic carbocycles. The van der Waals surface area contributed by atoms with Crippen LogP contribution in [0.2, 0.25) is 0 Å². The van der Waals surface area contributed by atoms with Crippen LogP contribution in [0.25, 0.3) is 0 Å². The summed E-state index contributed by atoms with van der Waals surface area (Å²) in [6, 6.07) is 7.09. The van der Waals surface area contributed by atoms with Crippen molar-refractivity contribution in [1.82, 2.24) is 0 Å². The first-order valence-electron chi connectivity index (χ1n) is 6.93. The van der Waals surface area contributed by atoms with Crippen LogP contribution < -0.4 is 16.4 Å². The van der Waals surface area contributed by atoms with E-state index in [2.05, 4.69) is 10.6 Å². The van der Waals surface area contributed by atoms with E-state index < -0.39 is 0 Å². The van der Waals surface area contributed by atoms with Gasteiger partial charge in [-0.1, -0.05) is 18.9 Å². The number of anilines is 2. The summed E-state index contributed by atoms with van der Waals surface area (Å²) in [5.41, 5.74) is 7.18. The predicted octanol–water partition coefficient (Wildman–Crippen LogP) is 2.25. The standard InChI is InChI=1S/C15H21N3O2/c1-11(19)17-12-5-4-6-13(9-12)18-14(20)10-15(16)7-2-3-8-15/h4-6,9H,2-3,7-8,10,16H2,1H3,(H,17,19)(H,18,20). The third-order valence-electron chi connectivity index (χ3n) is 3.58. The smallest absolute Gasteiger partial charge is 0.226 e. The maximum absolute atomic E-state index is 12.0. The number of hydrogen-bond donors (Lipinski definition) is 3. The monoisotopic (exact) mass is 275 g/mol. The van der Waals surface area contributed by atoms with Gasteiger partial charge < -0.3 is 16.4 Å². The molecule has 1 aromatic carbocycles. The summed E-state index contributed by atoms with van der Waals surface area (Å²) < 4.78 is 0. The molecule has 2 amide bonds. The Kier molecular flexibility index (Phi) is 4.39. The van der Waals surface area contributed by atoms with Gasteiger partial charge in [-0.2, -0.15) is 0 Å². The van der Waals surface area contributed by atoms with Crippen molar-refractivity contribution in [3.8, 4) is 0 Å². The van der Waals surface area contributed by atoms with Gasteiger partial charge in [0.15, 0.2) is 0 Å². The normalized spacial score (nSPS) is 16.7. The molecule has 5 nitrogen and oxygen atoms in total. The molecular weight excluding hydrogens is 254 g/mol. The second-order valence-electron chi connectivity index (χ2n) is 5.56. The molecule has 0 radical (unpaired) electrons. The highest BCUT2D eigenvalue weighted by molar-refractivity contribution is 5.93. The molecule has 0 saturated heterocycles. The minimum atomic E-state index is -0.348. The van der Waals surface area contributed by atoms with E-state index in [1.165, 1.54) is 6.92 Å². The van der Waals surface area contributed by atoms with Crippen molar-refractivity contribution in [2.45, 2.75) is 44.6 Å². The average Bonchev–Trinajstić information content (AvgIpc) is 2.74. The summed E-state index contributed by atoms with van der Waals surface area (Å²) in [7, 11) is 0. The highest BCUT2D eigenvalue weighted by Gasteiger charge is 2.31. The van der Waals surface area contributed by atoms with Gasteiger partial charge in [0.25, 0.3) is 0 Å². The number of nitrogens with two attached hydrogens (primary N) is 1. The fourth-order valence-corrected chi connectivity index (χ4v) is 2.66. The minimum absolute atomic E-state index is 0.0747. The van der Waals surface area contributed by atoms with Crippen molar-refractivity contribution >= 4 is 23.2 Å². The van der Waals surface area contributed by atoms with E-state index in [1.54, 1.807) is 24.3 Å². The first-order valence-corrected chi connectivity index (χ1v) is 6.93. The lowest BCUT2D eigenvalue weighted by atomic mass is 9.94. The molecule has 0 heterocycles. The molecule has 0 unspecified atom stereocenters.